The molecule has 0 saturated carbocycles. The van der Waals surface area contributed by atoms with E-state index < -0.39 is 5.60 Å². The highest BCUT2D eigenvalue weighted by atomic mass is 16.5. The van der Waals surface area contributed by atoms with Crippen molar-refractivity contribution in [2.45, 2.75) is 38.9 Å². The molecule has 2 heteroatoms. The standard InChI is InChI=1S/C21H24O2/c1-16(2)15-21(23-17(3)4,19-13-9-6-10-14-19)20(22)18-11-7-5-8-12-18/h5-14,17H,1,15H2,2-4H3. The Morgan fingerprint density at radius 3 is 2.04 bits per heavy atom. The van der Waals surface area contributed by atoms with Gasteiger partial charge in [0, 0.05) is 12.0 Å². The van der Waals surface area contributed by atoms with Gasteiger partial charge < -0.3 is 4.74 Å². The minimum absolute atomic E-state index is 0.0269. The van der Waals surface area contributed by atoms with Crippen LogP contribution in [0.5, 0.6) is 0 Å². The fraction of sp³-hybridized carbons (Fsp3) is 0.286. The van der Waals surface area contributed by atoms with E-state index in [1.165, 1.54) is 0 Å². The van der Waals surface area contributed by atoms with Crippen LogP contribution < -0.4 is 0 Å². The van der Waals surface area contributed by atoms with Gasteiger partial charge in [-0.2, -0.15) is 0 Å². The van der Waals surface area contributed by atoms with E-state index in [-0.39, 0.29) is 11.9 Å². The van der Waals surface area contributed by atoms with Crippen molar-refractivity contribution in [3.63, 3.8) is 0 Å². The van der Waals surface area contributed by atoms with Crippen LogP contribution in [0.4, 0.5) is 0 Å². The number of rotatable bonds is 7. The van der Waals surface area contributed by atoms with E-state index in [1.807, 2.05) is 81.4 Å². The summed E-state index contributed by atoms with van der Waals surface area (Å²) in [4.78, 5) is 13.4. The maximum atomic E-state index is 13.4. The minimum atomic E-state index is -1.04. The van der Waals surface area contributed by atoms with Crippen molar-refractivity contribution in [3.05, 3.63) is 83.9 Å². The molecule has 0 fully saturated rings. The van der Waals surface area contributed by atoms with E-state index in [9.17, 15) is 4.79 Å². The zero-order valence-corrected chi connectivity index (χ0v) is 14.1. The quantitative estimate of drug-likeness (QED) is 0.522. The Balaban J connectivity index is 2.60. The monoisotopic (exact) mass is 308 g/mol. The molecule has 0 saturated heterocycles. The molecule has 120 valence electrons. The van der Waals surface area contributed by atoms with Crippen molar-refractivity contribution >= 4 is 5.78 Å². The van der Waals surface area contributed by atoms with E-state index >= 15 is 0 Å². The normalized spacial score (nSPS) is 13.6. The van der Waals surface area contributed by atoms with Crippen molar-refractivity contribution in [2.75, 3.05) is 0 Å². The Hall–Kier alpha value is -2.19. The molecule has 0 heterocycles. The lowest BCUT2D eigenvalue weighted by atomic mass is 9.81. The molecule has 0 radical (unpaired) electrons. The van der Waals surface area contributed by atoms with Gasteiger partial charge in [0.1, 0.15) is 0 Å². The number of hydrogen-bond acceptors (Lipinski definition) is 2. The molecule has 0 N–H and O–H groups in total. The third kappa shape index (κ3) is 3.96. The SMILES string of the molecule is C=C(C)CC(OC(C)C)(C(=O)c1ccccc1)c1ccccc1. The van der Waals surface area contributed by atoms with Crippen molar-refractivity contribution < 1.29 is 9.53 Å². The topological polar surface area (TPSA) is 26.3 Å². The van der Waals surface area contributed by atoms with E-state index in [4.69, 9.17) is 4.74 Å². The largest absolute Gasteiger partial charge is 0.359 e. The molecule has 0 spiro atoms. The Morgan fingerprint density at radius 2 is 1.57 bits per heavy atom. The molecule has 2 nitrogen and oxygen atoms in total. The van der Waals surface area contributed by atoms with Gasteiger partial charge in [-0.1, -0.05) is 66.2 Å². The maximum absolute atomic E-state index is 13.4. The summed E-state index contributed by atoms with van der Waals surface area (Å²) in [6.45, 7) is 9.85. The molecule has 2 aromatic rings. The highest BCUT2D eigenvalue weighted by molar-refractivity contribution is 6.03. The molecular weight excluding hydrogens is 284 g/mol. The van der Waals surface area contributed by atoms with Gasteiger partial charge in [-0.05, 0) is 26.3 Å². The number of ketones is 1. The average Bonchev–Trinajstić information content (AvgIpc) is 2.54. The second-order valence-electron chi connectivity index (χ2n) is 6.19. The summed E-state index contributed by atoms with van der Waals surface area (Å²) >= 11 is 0. The first-order chi connectivity index (χ1) is 11.0. The third-order valence-electron chi connectivity index (χ3n) is 3.63. The number of Topliss-reactive ketones (excluding diaryl/α,β-unsaturated/α-hetero) is 1. The maximum Gasteiger partial charge on any atom is 0.199 e. The first kappa shape index (κ1) is 17.2. The highest BCUT2D eigenvalue weighted by Gasteiger charge is 2.42. The Kier molecular flexibility index (Phi) is 5.51. The van der Waals surface area contributed by atoms with Crippen LogP contribution in [0.15, 0.2) is 72.8 Å². The van der Waals surface area contributed by atoms with Crippen LogP contribution in [0.1, 0.15) is 43.1 Å². The predicted octanol–water partition coefficient (Wildman–Crippen LogP) is 5.16. The lowest BCUT2D eigenvalue weighted by Gasteiger charge is -2.35. The van der Waals surface area contributed by atoms with Crippen LogP contribution in [-0.4, -0.2) is 11.9 Å². The van der Waals surface area contributed by atoms with Crippen molar-refractivity contribution in [2.24, 2.45) is 0 Å². The third-order valence-corrected chi connectivity index (χ3v) is 3.63. The summed E-state index contributed by atoms with van der Waals surface area (Å²) in [6.07, 6.45) is 0.380. The predicted molar refractivity (Wildman–Crippen MR) is 94.5 cm³/mol. The highest BCUT2D eigenvalue weighted by Crippen LogP contribution is 2.37. The minimum Gasteiger partial charge on any atom is -0.359 e. The van der Waals surface area contributed by atoms with Gasteiger partial charge in [0.05, 0.1) is 6.10 Å². The summed E-state index contributed by atoms with van der Waals surface area (Å²) in [5.41, 5.74) is 1.39. The Labute approximate surface area is 138 Å². The summed E-state index contributed by atoms with van der Waals surface area (Å²) in [7, 11) is 0. The van der Waals surface area contributed by atoms with E-state index in [2.05, 4.69) is 6.58 Å². The molecular formula is C21H24O2. The Bertz CT molecular complexity index is 659. The number of carbonyl (C=O) groups excluding carboxylic acids is 1. The van der Waals surface area contributed by atoms with Crippen molar-refractivity contribution in [1.82, 2.24) is 0 Å². The molecule has 0 bridgehead atoms. The van der Waals surface area contributed by atoms with Crippen molar-refractivity contribution in [1.29, 1.82) is 0 Å². The molecule has 2 aromatic carbocycles. The molecule has 23 heavy (non-hydrogen) atoms. The second kappa shape index (κ2) is 7.38. The number of ether oxygens (including phenoxy) is 1. The van der Waals surface area contributed by atoms with E-state index in [1.54, 1.807) is 0 Å². The fourth-order valence-corrected chi connectivity index (χ4v) is 2.83. The van der Waals surface area contributed by atoms with Crippen LogP contribution in [-0.2, 0) is 10.3 Å². The molecule has 0 aliphatic carbocycles. The Morgan fingerprint density at radius 1 is 1.04 bits per heavy atom. The van der Waals surface area contributed by atoms with Crippen LogP contribution in [0.25, 0.3) is 0 Å². The molecule has 1 unspecified atom stereocenters. The van der Waals surface area contributed by atoms with Crippen molar-refractivity contribution in [3.8, 4) is 0 Å². The average molecular weight is 308 g/mol. The number of hydrogen-bond donors (Lipinski definition) is 0. The molecule has 1 atom stereocenters. The first-order valence-corrected chi connectivity index (χ1v) is 7.93. The lowest BCUT2D eigenvalue weighted by Crippen LogP contribution is -2.41. The van der Waals surface area contributed by atoms with E-state index in [0.717, 1.165) is 11.1 Å². The second-order valence-corrected chi connectivity index (χ2v) is 6.19. The lowest BCUT2D eigenvalue weighted by molar-refractivity contribution is -0.0609. The van der Waals surface area contributed by atoms with Crippen LogP contribution in [0.2, 0.25) is 0 Å². The van der Waals surface area contributed by atoms with Gasteiger partial charge in [0.25, 0.3) is 0 Å². The number of benzene rings is 2. The van der Waals surface area contributed by atoms with Crippen LogP contribution in [0.3, 0.4) is 0 Å². The van der Waals surface area contributed by atoms with Gasteiger partial charge in [0.15, 0.2) is 11.4 Å². The van der Waals surface area contributed by atoms with Gasteiger partial charge in [-0.15, -0.1) is 6.58 Å². The molecule has 0 aliphatic rings. The summed E-state index contributed by atoms with van der Waals surface area (Å²) < 4.78 is 6.24. The van der Waals surface area contributed by atoms with Gasteiger partial charge >= 0.3 is 0 Å². The van der Waals surface area contributed by atoms with Crippen LogP contribution >= 0.6 is 0 Å². The smallest absolute Gasteiger partial charge is 0.199 e. The zero-order valence-electron chi connectivity index (χ0n) is 14.1. The molecule has 2 rings (SSSR count). The summed E-state index contributed by atoms with van der Waals surface area (Å²) in [5, 5.41) is 0. The van der Waals surface area contributed by atoms with Gasteiger partial charge in [-0.25, -0.2) is 0 Å². The first-order valence-electron chi connectivity index (χ1n) is 7.93. The molecule has 0 amide bonds. The van der Waals surface area contributed by atoms with Crippen LogP contribution in [0, 0.1) is 0 Å². The number of carbonyl (C=O) groups is 1. The molecule has 0 aliphatic heterocycles. The zero-order chi connectivity index (χ0) is 16.9. The summed E-state index contributed by atoms with van der Waals surface area (Å²) in [6, 6.07) is 19.0. The van der Waals surface area contributed by atoms with Gasteiger partial charge in [0.2, 0.25) is 0 Å². The molecule has 0 aromatic heterocycles. The summed E-state index contributed by atoms with van der Waals surface area (Å²) in [5.74, 6) is -0.0269. The van der Waals surface area contributed by atoms with E-state index in [0.29, 0.717) is 12.0 Å². The van der Waals surface area contributed by atoms with Gasteiger partial charge in [-0.3, -0.25) is 4.79 Å². The fourth-order valence-electron chi connectivity index (χ4n) is 2.83.